The minimum absolute atomic E-state index is 0.269. The summed E-state index contributed by atoms with van der Waals surface area (Å²) < 4.78 is 0. The first-order valence-corrected chi connectivity index (χ1v) is 4.33. The monoisotopic (exact) mass is 151 g/mol. The molecule has 2 heteroatoms. The summed E-state index contributed by atoms with van der Waals surface area (Å²) in [6.07, 6.45) is 8.80. The zero-order chi connectivity index (χ0) is 7.68. The van der Waals surface area contributed by atoms with E-state index in [2.05, 4.69) is 17.5 Å². The van der Waals surface area contributed by atoms with Crippen LogP contribution in [0.3, 0.4) is 0 Å². The van der Waals surface area contributed by atoms with Crippen molar-refractivity contribution in [1.29, 1.82) is 0 Å². The molecular formula is C9H13NO. The van der Waals surface area contributed by atoms with Crippen LogP contribution in [0.25, 0.3) is 0 Å². The Morgan fingerprint density at radius 1 is 1.27 bits per heavy atom. The molecule has 2 atom stereocenters. The Balaban J connectivity index is 2.00. The predicted octanol–water partition coefficient (Wildman–Crippen LogP) is 1.23. The lowest BCUT2D eigenvalue weighted by Crippen LogP contribution is -2.57. The molecule has 1 aliphatic carbocycles. The highest BCUT2D eigenvalue weighted by molar-refractivity contribution is 5.85. The van der Waals surface area contributed by atoms with Gasteiger partial charge >= 0.3 is 0 Å². The molecule has 1 N–H and O–H groups in total. The Morgan fingerprint density at radius 3 is 2.73 bits per heavy atom. The number of rotatable bonds is 0. The Labute approximate surface area is 66.7 Å². The molecule has 1 fully saturated rings. The molecule has 1 heterocycles. The van der Waals surface area contributed by atoms with Crippen LogP contribution >= 0.6 is 0 Å². The van der Waals surface area contributed by atoms with E-state index >= 15 is 0 Å². The van der Waals surface area contributed by atoms with Gasteiger partial charge in [-0.2, -0.15) is 0 Å². The molecule has 0 radical (unpaired) electrons. The van der Waals surface area contributed by atoms with Gasteiger partial charge < -0.3 is 5.32 Å². The molecule has 2 rings (SSSR count). The Hall–Kier alpha value is -0.790. The van der Waals surface area contributed by atoms with Gasteiger partial charge in [0.2, 0.25) is 5.91 Å². The van der Waals surface area contributed by atoms with Gasteiger partial charge in [0.25, 0.3) is 0 Å². The average Bonchev–Trinajstić information content (AvgIpc) is 1.96. The zero-order valence-corrected chi connectivity index (χ0v) is 6.55. The van der Waals surface area contributed by atoms with Gasteiger partial charge in [-0.05, 0) is 25.7 Å². The van der Waals surface area contributed by atoms with Gasteiger partial charge in [-0.25, -0.2) is 0 Å². The molecule has 1 amide bonds. The van der Waals surface area contributed by atoms with E-state index in [-0.39, 0.29) is 5.91 Å². The van der Waals surface area contributed by atoms with Crippen LogP contribution in [0.5, 0.6) is 0 Å². The van der Waals surface area contributed by atoms with E-state index in [1.165, 1.54) is 0 Å². The fraction of sp³-hybridized carbons (Fsp3) is 0.667. The van der Waals surface area contributed by atoms with Gasteiger partial charge in [-0.15, -0.1) is 0 Å². The molecule has 0 unspecified atom stereocenters. The zero-order valence-electron chi connectivity index (χ0n) is 6.55. The number of carbonyl (C=O) groups excluding carboxylic acids is 1. The summed E-state index contributed by atoms with van der Waals surface area (Å²) in [5, 5.41) is 2.94. The van der Waals surface area contributed by atoms with Crippen LogP contribution < -0.4 is 5.32 Å². The summed E-state index contributed by atoms with van der Waals surface area (Å²) in [5.74, 6) is 0.602. The fourth-order valence-electron chi connectivity index (χ4n) is 1.87. The Kier molecular flexibility index (Phi) is 1.68. The van der Waals surface area contributed by atoms with Gasteiger partial charge in [0, 0.05) is 6.04 Å². The predicted molar refractivity (Wildman–Crippen MR) is 43.0 cm³/mol. The Morgan fingerprint density at radius 2 is 2.00 bits per heavy atom. The third-order valence-electron chi connectivity index (χ3n) is 2.61. The third kappa shape index (κ3) is 1.17. The standard InChI is InChI=1S/C9H13NO/c11-9-7-5-3-1-2-4-6-8(7)10-9/h1-2,7-8H,3-6H2,(H,10,11)/b2-1-/t7-,8+/m1/s1. The molecule has 0 aromatic heterocycles. The summed E-state index contributed by atoms with van der Waals surface area (Å²) in [6, 6.07) is 0.493. The first kappa shape index (κ1) is 6.89. The second-order valence-electron chi connectivity index (χ2n) is 3.35. The van der Waals surface area contributed by atoms with Crippen molar-refractivity contribution in [2.45, 2.75) is 31.7 Å². The molecule has 2 nitrogen and oxygen atoms in total. The number of hydrogen-bond acceptors (Lipinski definition) is 1. The number of β-lactam (4-membered cyclic amide) rings is 1. The maximum absolute atomic E-state index is 11.0. The number of fused-ring (bicyclic) bond motifs is 1. The van der Waals surface area contributed by atoms with Crippen molar-refractivity contribution >= 4 is 5.91 Å². The van der Waals surface area contributed by atoms with Crippen molar-refractivity contribution in [3.8, 4) is 0 Å². The maximum atomic E-state index is 11.0. The molecule has 0 aromatic rings. The van der Waals surface area contributed by atoms with Crippen molar-refractivity contribution in [3.63, 3.8) is 0 Å². The van der Waals surface area contributed by atoms with E-state index in [9.17, 15) is 4.79 Å². The van der Waals surface area contributed by atoms with E-state index in [1.807, 2.05) is 0 Å². The molecule has 60 valence electrons. The number of carbonyl (C=O) groups is 1. The highest BCUT2D eigenvalue weighted by Crippen LogP contribution is 2.26. The average molecular weight is 151 g/mol. The van der Waals surface area contributed by atoms with E-state index in [0.29, 0.717) is 12.0 Å². The second kappa shape index (κ2) is 2.68. The highest BCUT2D eigenvalue weighted by atomic mass is 16.2. The summed E-state index contributed by atoms with van der Waals surface area (Å²) in [4.78, 5) is 11.0. The van der Waals surface area contributed by atoms with Crippen molar-refractivity contribution in [2.75, 3.05) is 0 Å². The van der Waals surface area contributed by atoms with Crippen LogP contribution in [0, 0.1) is 5.92 Å². The fourth-order valence-corrected chi connectivity index (χ4v) is 1.87. The third-order valence-corrected chi connectivity index (χ3v) is 2.61. The van der Waals surface area contributed by atoms with Crippen LogP contribution in [-0.2, 0) is 4.79 Å². The topological polar surface area (TPSA) is 29.1 Å². The van der Waals surface area contributed by atoms with Gasteiger partial charge in [-0.3, -0.25) is 4.79 Å². The summed E-state index contributed by atoms with van der Waals surface area (Å²) in [6.45, 7) is 0. The SMILES string of the molecule is O=C1N[C@H]2CC/C=C\CC[C@@H]12. The van der Waals surface area contributed by atoms with Crippen molar-refractivity contribution in [3.05, 3.63) is 12.2 Å². The van der Waals surface area contributed by atoms with Crippen LogP contribution in [0.15, 0.2) is 12.2 Å². The van der Waals surface area contributed by atoms with E-state index in [0.717, 1.165) is 25.7 Å². The van der Waals surface area contributed by atoms with Gasteiger partial charge in [0.05, 0.1) is 5.92 Å². The highest BCUT2D eigenvalue weighted by Gasteiger charge is 2.37. The molecule has 11 heavy (non-hydrogen) atoms. The lowest BCUT2D eigenvalue weighted by atomic mass is 9.82. The van der Waals surface area contributed by atoms with Crippen LogP contribution in [0.1, 0.15) is 25.7 Å². The largest absolute Gasteiger partial charge is 0.352 e. The second-order valence-corrected chi connectivity index (χ2v) is 3.35. The van der Waals surface area contributed by atoms with E-state index in [1.54, 1.807) is 0 Å². The number of hydrogen-bond donors (Lipinski definition) is 1. The maximum Gasteiger partial charge on any atom is 0.225 e. The first-order valence-electron chi connectivity index (χ1n) is 4.33. The van der Waals surface area contributed by atoms with E-state index < -0.39 is 0 Å². The number of amides is 1. The Bertz CT molecular complexity index is 198. The van der Waals surface area contributed by atoms with Crippen LogP contribution in [-0.4, -0.2) is 11.9 Å². The number of nitrogens with one attached hydrogen (secondary N) is 1. The minimum atomic E-state index is 0.269. The molecule has 0 saturated carbocycles. The smallest absolute Gasteiger partial charge is 0.225 e. The van der Waals surface area contributed by atoms with Crippen molar-refractivity contribution in [2.24, 2.45) is 5.92 Å². The summed E-state index contributed by atoms with van der Waals surface area (Å²) in [5.41, 5.74) is 0. The van der Waals surface area contributed by atoms with Gasteiger partial charge in [0.15, 0.2) is 0 Å². The molecule has 0 bridgehead atoms. The van der Waals surface area contributed by atoms with Crippen molar-refractivity contribution < 1.29 is 4.79 Å². The van der Waals surface area contributed by atoms with Gasteiger partial charge in [-0.1, -0.05) is 12.2 Å². The number of allylic oxidation sites excluding steroid dienone is 2. The molecule has 1 saturated heterocycles. The lowest BCUT2D eigenvalue weighted by Gasteiger charge is -2.37. The van der Waals surface area contributed by atoms with Crippen molar-refractivity contribution in [1.82, 2.24) is 5.32 Å². The molecule has 1 aliphatic heterocycles. The molecule has 0 aromatic carbocycles. The van der Waals surface area contributed by atoms with Crippen LogP contribution in [0.2, 0.25) is 0 Å². The minimum Gasteiger partial charge on any atom is -0.352 e. The van der Waals surface area contributed by atoms with Crippen LogP contribution in [0.4, 0.5) is 0 Å². The normalized spacial score (nSPS) is 39.1. The first-order chi connectivity index (χ1) is 5.38. The van der Waals surface area contributed by atoms with Gasteiger partial charge in [0.1, 0.15) is 0 Å². The molecule has 0 spiro atoms. The summed E-state index contributed by atoms with van der Waals surface area (Å²) >= 11 is 0. The quantitative estimate of drug-likeness (QED) is 0.409. The van der Waals surface area contributed by atoms with E-state index in [4.69, 9.17) is 0 Å². The molecular weight excluding hydrogens is 138 g/mol. The molecule has 2 aliphatic rings. The summed E-state index contributed by atoms with van der Waals surface area (Å²) in [7, 11) is 0. The lowest BCUT2D eigenvalue weighted by molar-refractivity contribution is -0.135.